The molecule has 2 amide bonds. The molecule has 0 unspecified atom stereocenters. The van der Waals surface area contributed by atoms with Crippen molar-refractivity contribution >= 4 is 33.4 Å². The van der Waals surface area contributed by atoms with Crippen LogP contribution in [0.5, 0.6) is 0 Å². The van der Waals surface area contributed by atoms with E-state index >= 15 is 0 Å². The van der Waals surface area contributed by atoms with Gasteiger partial charge in [0.15, 0.2) is 0 Å². The van der Waals surface area contributed by atoms with Crippen molar-refractivity contribution in [3.63, 3.8) is 0 Å². The van der Waals surface area contributed by atoms with Gasteiger partial charge in [-0.3, -0.25) is 9.59 Å². The highest BCUT2D eigenvalue weighted by molar-refractivity contribution is 8.76. The fraction of sp³-hybridized carbons (Fsp3) is 0.533. The SMILES string of the molecule is CCCCCCc1cccc(C(=O)NCC)c1SSc1c(CCCCCC)cccc1C(=O)NCC. The summed E-state index contributed by atoms with van der Waals surface area (Å²) in [7, 11) is 3.26. The molecule has 198 valence electrons. The average Bonchev–Trinajstić information content (AvgIpc) is 2.88. The van der Waals surface area contributed by atoms with Crippen LogP contribution < -0.4 is 10.6 Å². The number of hydrogen-bond acceptors (Lipinski definition) is 4. The van der Waals surface area contributed by atoms with Crippen LogP contribution in [-0.4, -0.2) is 24.9 Å². The monoisotopic (exact) mass is 528 g/mol. The van der Waals surface area contributed by atoms with Crippen LogP contribution in [-0.2, 0) is 12.8 Å². The van der Waals surface area contributed by atoms with E-state index in [0.717, 1.165) is 46.6 Å². The maximum atomic E-state index is 12.9. The molecule has 2 N–H and O–H groups in total. The smallest absolute Gasteiger partial charge is 0.252 e. The zero-order chi connectivity index (χ0) is 26.2. The van der Waals surface area contributed by atoms with Crippen LogP contribution in [0.1, 0.15) is 111 Å². The third-order valence-corrected chi connectivity index (χ3v) is 8.80. The van der Waals surface area contributed by atoms with E-state index in [2.05, 4.69) is 36.6 Å². The number of carbonyl (C=O) groups is 2. The molecular weight excluding hydrogens is 484 g/mol. The van der Waals surface area contributed by atoms with Gasteiger partial charge in [0.1, 0.15) is 0 Å². The quantitative estimate of drug-likeness (QED) is 0.160. The van der Waals surface area contributed by atoms with Gasteiger partial charge in [-0.15, -0.1) is 0 Å². The second-order valence-electron chi connectivity index (χ2n) is 9.09. The summed E-state index contributed by atoms with van der Waals surface area (Å²) in [6.45, 7) is 9.53. The molecule has 36 heavy (non-hydrogen) atoms. The Hall–Kier alpha value is -1.92. The molecule has 0 spiro atoms. The van der Waals surface area contributed by atoms with E-state index in [-0.39, 0.29) is 11.8 Å². The van der Waals surface area contributed by atoms with Crippen molar-refractivity contribution in [1.29, 1.82) is 0 Å². The minimum absolute atomic E-state index is 0.0344. The highest BCUT2D eigenvalue weighted by Gasteiger charge is 2.20. The third kappa shape index (κ3) is 9.51. The predicted molar refractivity (Wildman–Crippen MR) is 156 cm³/mol. The Kier molecular flexibility index (Phi) is 14.7. The number of carbonyl (C=O) groups excluding carboxylic acids is 2. The standard InChI is InChI=1S/C30H44N2O2S2/c1-5-9-11-13-17-23-19-15-21-25(29(33)31-7-3)27(23)35-36-28-24(18-14-12-10-6-2)20-16-22-26(28)30(34)32-8-4/h15-16,19-22H,5-14,17-18H2,1-4H3,(H,31,33)(H,32,34). The summed E-state index contributed by atoms with van der Waals surface area (Å²) >= 11 is 0. The van der Waals surface area contributed by atoms with Crippen LogP contribution in [0.15, 0.2) is 46.2 Å². The minimum Gasteiger partial charge on any atom is -0.352 e. The molecule has 0 saturated heterocycles. The first-order valence-electron chi connectivity index (χ1n) is 13.7. The van der Waals surface area contributed by atoms with Crippen molar-refractivity contribution in [1.82, 2.24) is 10.6 Å². The summed E-state index contributed by atoms with van der Waals surface area (Å²) in [6.07, 6.45) is 11.4. The summed E-state index contributed by atoms with van der Waals surface area (Å²) in [5.74, 6) is -0.0689. The lowest BCUT2D eigenvalue weighted by Crippen LogP contribution is -2.24. The van der Waals surface area contributed by atoms with E-state index in [4.69, 9.17) is 0 Å². The second-order valence-corrected chi connectivity index (χ2v) is 11.2. The van der Waals surface area contributed by atoms with Crippen molar-refractivity contribution < 1.29 is 9.59 Å². The fourth-order valence-electron chi connectivity index (χ4n) is 4.20. The Morgan fingerprint density at radius 3 is 1.39 bits per heavy atom. The van der Waals surface area contributed by atoms with Gasteiger partial charge in [0.25, 0.3) is 11.8 Å². The molecule has 0 fully saturated rings. The van der Waals surface area contributed by atoms with Crippen molar-refractivity contribution in [2.24, 2.45) is 0 Å². The Bertz CT molecular complexity index is 884. The largest absolute Gasteiger partial charge is 0.352 e. The highest BCUT2D eigenvalue weighted by Crippen LogP contribution is 2.44. The van der Waals surface area contributed by atoms with Crippen LogP contribution in [0.3, 0.4) is 0 Å². The van der Waals surface area contributed by atoms with Crippen LogP contribution in [0.2, 0.25) is 0 Å². The molecule has 0 aliphatic heterocycles. The summed E-state index contributed by atoms with van der Waals surface area (Å²) in [5, 5.41) is 5.95. The summed E-state index contributed by atoms with van der Waals surface area (Å²) in [4.78, 5) is 27.9. The zero-order valence-electron chi connectivity index (χ0n) is 22.6. The van der Waals surface area contributed by atoms with E-state index in [1.807, 2.05) is 38.1 Å². The maximum Gasteiger partial charge on any atom is 0.252 e. The molecule has 2 rings (SSSR count). The fourth-order valence-corrected chi connectivity index (χ4v) is 7.10. The van der Waals surface area contributed by atoms with Gasteiger partial charge >= 0.3 is 0 Å². The molecule has 0 aliphatic carbocycles. The molecule has 0 heterocycles. The summed E-state index contributed by atoms with van der Waals surface area (Å²) < 4.78 is 0. The van der Waals surface area contributed by atoms with Crippen molar-refractivity contribution in [3.05, 3.63) is 58.7 Å². The number of benzene rings is 2. The van der Waals surface area contributed by atoms with Gasteiger partial charge in [-0.1, -0.05) is 98.2 Å². The lowest BCUT2D eigenvalue weighted by molar-refractivity contribution is 0.0944. The molecular formula is C30H44N2O2S2. The number of rotatable bonds is 17. The van der Waals surface area contributed by atoms with Crippen LogP contribution in [0.4, 0.5) is 0 Å². The molecule has 0 radical (unpaired) electrons. The number of unbranched alkanes of at least 4 members (excludes halogenated alkanes) is 6. The number of amides is 2. The first-order chi connectivity index (χ1) is 17.6. The van der Waals surface area contributed by atoms with Crippen LogP contribution >= 0.6 is 21.6 Å². The molecule has 0 aromatic heterocycles. The first kappa shape index (κ1) is 30.3. The van der Waals surface area contributed by atoms with Crippen LogP contribution in [0.25, 0.3) is 0 Å². The number of hydrogen-bond donors (Lipinski definition) is 2. The molecule has 4 nitrogen and oxygen atoms in total. The molecule has 0 atom stereocenters. The predicted octanol–water partition coefficient (Wildman–Crippen LogP) is 8.23. The zero-order valence-corrected chi connectivity index (χ0v) is 24.2. The molecule has 2 aromatic rings. The highest BCUT2D eigenvalue weighted by atomic mass is 33.1. The number of aryl methyl sites for hydroxylation is 2. The Morgan fingerprint density at radius 1 is 0.611 bits per heavy atom. The van der Waals surface area contributed by atoms with E-state index in [1.54, 1.807) is 21.6 Å². The van der Waals surface area contributed by atoms with Gasteiger partial charge in [0, 0.05) is 22.9 Å². The molecule has 0 bridgehead atoms. The lowest BCUT2D eigenvalue weighted by atomic mass is 10.0. The summed E-state index contributed by atoms with van der Waals surface area (Å²) in [5.41, 5.74) is 3.88. The van der Waals surface area contributed by atoms with Gasteiger partial charge in [-0.2, -0.15) is 0 Å². The van der Waals surface area contributed by atoms with Crippen molar-refractivity contribution in [2.75, 3.05) is 13.1 Å². The molecule has 0 saturated carbocycles. The van der Waals surface area contributed by atoms with Gasteiger partial charge in [-0.25, -0.2) is 0 Å². The normalized spacial score (nSPS) is 10.9. The molecule has 6 heteroatoms. The van der Waals surface area contributed by atoms with Gasteiger partial charge < -0.3 is 10.6 Å². The molecule has 2 aromatic carbocycles. The van der Waals surface area contributed by atoms with Gasteiger partial charge in [0.05, 0.1) is 11.1 Å². The topological polar surface area (TPSA) is 58.2 Å². The van der Waals surface area contributed by atoms with Gasteiger partial charge in [0.2, 0.25) is 0 Å². The van der Waals surface area contributed by atoms with E-state index in [1.165, 1.54) is 49.7 Å². The van der Waals surface area contributed by atoms with E-state index in [0.29, 0.717) is 13.1 Å². The maximum absolute atomic E-state index is 12.9. The number of nitrogens with one attached hydrogen (secondary N) is 2. The third-order valence-electron chi connectivity index (χ3n) is 6.16. The van der Waals surface area contributed by atoms with E-state index < -0.39 is 0 Å². The Labute approximate surface area is 226 Å². The molecule has 0 aliphatic rings. The van der Waals surface area contributed by atoms with E-state index in [9.17, 15) is 9.59 Å². The second kappa shape index (κ2) is 17.5. The van der Waals surface area contributed by atoms with Crippen LogP contribution in [0, 0.1) is 0 Å². The minimum atomic E-state index is -0.0344. The van der Waals surface area contributed by atoms with Gasteiger partial charge in [-0.05, 0) is 62.8 Å². The van der Waals surface area contributed by atoms with Crippen molar-refractivity contribution in [3.8, 4) is 0 Å². The summed E-state index contributed by atoms with van der Waals surface area (Å²) in [6, 6.07) is 12.1. The first-order valence-corrected chi connectivity index (χ1v) is 15.9. The Morgan fingerprint density at radius 2 is 1.03 bits per heavy atom. The Balaban J connectivity index is 2.39. The van der Waals surface area contributed by atoms with Crippen molar-refractivity contribution in [2.45, 2.75) is 102 Å². The average molecular weight is 529 g/mol. The lowest BCUT2D eigenvalue weighted by Gasteiger charge is -2.17.